The van der Waals surface area contributed by atoms with Crippen molar-refractivity contribution >= 4 is 36.3 Å². The quantitative estimate of drug-likeness (QED) is 0.198. The van der Waals surface area contributed by atoms with Crippen molar-refractivity contribution < 1.29 is 28.4 Å². The van der Waals surface area contributed by atoms with E-state index in [4.69, 9.17) is 31.4 Å². The average molecular weight is 396 g/mol. The second-order valence-corrected chi connectivity index (χ2v) is 6.73. The van der Waals surface area contributed by atoms with Gasteiger partial charge in [-0.3, -0.25) is 4.57 Å². The minimum Gasteiger partial charge on any atom is -0.368 e. The molecule has 2 aromatic rings. The first-order valence-electron chi connectivity index (χ1n) is 7.42. The average Bonchev–Trinajstić information content (AvgIpc) is 2.98. The number of hydrogen-bond acceptors (Lipinski definition) is 10. The summed E-state index contributed by atoms with van der Waals surface area (Å²) in [6, 6.07) is 0. The SMILES string of the molecule is CCOOP(=O)(COCCn1cnc2c(Cl)nc(N)nc21)OOCC. The van der Waals surface area contributed by atoms with Gasteiger partial charge >= 0.3 is 7.60 Å². The molecule has 0 amide bonds. The number of hydrogen-bond donors (Lipinski definition) is 1. The van der Waals surface area contributed by atoms with E-state index in [1.54, 1.807) is 18.4 Å². The maximum absolute atomic E-state index is 12.3. The Morgan fingerprint density at radius 2 is 1.92 bits per heavy atom. The van der Waals surface area contributed by atoms with Gasteiger partial charge in [-0.05, 0) is 13.8 Å². The monoisotopic (exact) mass is 395 g/mol. The molecule has 140 valence electrons. The number of nitrogen functional groups attached to an aromatic ring is 1. The molecule has 2 rings (SSSR count). The molecule has 2 heterocycles. The van der Waals surface area contributed by atoms with Gasteiger partial charge in [0.2, 0.25) is 5.95 Å². The van der Waals surface area contributed by atoms with Crippen molar-refractivity contribution in [3.63, 3.8) is 0 Å². The Hall–Kier alpha value is -1.33. The topological polar surface area (TPSA) is 133 Å². The highest BCUT2D eigenvalue weighted by molar-refractivity contribution is 7.53. The molecule has 0 saturated heterocycles. The van der Waals surface area contributed by atoms with Crippen LogP contribution in [0.25, 0.3) is 11.2 Å². The number of anilines is 1. The van der Waals surface area contributed by atoms with Crippen molar-refractivity contribution in [3.8, 4) is 0 Å². The molecule has 0 aliphatic rings. The fourth-order valence-corrected chi connectivity index (χ4v) is 2.97. The Balaban J connectivity index is 1.92. The van der Waals surface area contributed by atoms with Crippen LogP contribution in [0.2, 0.25) is 5.15 Å². The summed E-state index contributed by atoms with van der Waals surface area (Å²) >= 11 is 5.96. The van der Waals surface area contributed by atoms with Gasteiger partial charge in [0, 0.05) is 6.54 Å². The number of nitrogens with two attached hydrogens (primary N) is 1. The Labute approximate surface area is 148 Å². The Kier molecular flexibility index (Phi) is 7.51. The second-order valence-electron chi connectivity index (χ2n) is 4.59. The summed E-state index contributed by atoms with van der Waals surface area (Å²) in [4.78, 5) is 21.4. The van der Waals surface area contributed by atoms with Gasteiger partial charge in [-0.2, -0.15) is 9.97 Å². The van der Waals surface area contributed by atoms with Gasteiger partial charge in [0.15, 0.2) is 17.1 Å². The zero-order valence-electron chi connectivity index (χ0n) is 13.8. The van der Waals surface area contributed by atoms with Crippen LogP contribution in [0.3, 0.4) is 0 Å². The minimum atomic E-state index is -3.68. The minimum absolute atomic E-state index is 0.0416. The molecule has 0 bridgehead atoms. The second kappa shape index (κ2) is 9.39. The predicted molar refractivity (Wildman–Crippen MR) is 88.6 cm³/mol. The third-order valence-corrected chi connectivity index (χ3v) is 4.16. The van der Waals surface area contributed by atoms with Crippen molar-refractivity contribution in [2.45, 2.75) is 20.4 Å². The van der Waals surface area contributed by atoms with E-state index in [0.717, 1.165) is 0 Å². The van der Waals surface area contributed by atoms with E-state index in [1.807, 2.05) is 0 Å². The highest BCUT2D eigenvalue weighted by Gasteiger charge is 2.28. The van der Waals surface area contributed by atoms with Crippen LogP contribution >= 0.6 is 19.2 Å². The Morgan fingerprint density at radius 3 is 2.56 bits per heavy atom. The summed E-state index contributed by atoms with van der Waals surface area (Å²) in [5.74, 6) is 0.0416. The van der Waals surface area contributed by atoms with Crippen LogP contribution in [0, 0.1) is 0 Å². The number of halogens is 1. The summed E-state index contributed by atoms with van der Waals surface area (Å²) in [7, 11) is -3.68. The van der Waals surface area contributed by atoms with Crippen LogP contribution in [-0.4, -0.2) is 45.7 Å². The molecule has 0 aromatic carbocycles. The van der Waals surface area contributed by atoms with Gasteiger partial charge in [0.1, 0.15) is 5.52 Å². The zero-order valence-corrected chi connectivity index (χ0v) is 15.4. The molecule has 11 nitrogen and oxygen atoms in total. The van der Waals surface area contributed by atoms with E-state index in [9.17, 15) is 4.57 Å². The molecule has 0 unspecified atom stereocenters. The lowest BCUT2D eigenvalue weighted by molar-refractivity contribution is -0.265. The lowest BCUT2D eigenvalue weighted by Gasteiger charge is -2.15. The van der Waals surface area contributed by atoms with Crippen LogP contribution in [0.1, 0.15) is 13.8 Å². The summed E-state index contributed by atoms with van der Waals surface area (Å²) in [6.45, 7) is 4.27. The van der Waals surface area contributed by atoms with Gasteiger partial charge in [0.05, 0.1) is 26.1 Å². The van der Waals surface area contributed by atoms with E-state index in [0.29, 0.717) is 17.7 Å². The number of aromatic nitrogens is 4. The van der Waals surface area contributed by atoms with Crippen LogP contribution < -0.4 is 5.73 Å². The fraction of sp³-hybridized carbons (Fsp3) is 0.583. The lowest BCUT2D eigenvalue weighted by atomic mass is 10.5. The third-order valence-electron chi connectivity index (χ3n) is 2.73. The largest absolute Gasteiger partial charge is 0.409 e. The van der Waals surface area contributed by atoms with Crippen LogP contribution in [0.4, 0.5) is 5.95 Å². The van der Waals surface area contributed by atoms with Gasteiger partial charge in [-0.25, -0.2) is 14.8 Å². The molecule has 0 saturated carbocycles. The number of rotatable bonds is 11. The van der Waals surface area contributed by atoms with Gasteiger partial charge in [0.25, 0.3) is 0 Å². The highest BCUT2D eigenvalue weighted by atomic mass is 35.5. The van der Waals surface area contributed by atoms with Crippen molar-refractivity contribution in [3.05, 3.63) is 11.5 Å². The van der Waals surface area contributed by atoms with E-state index < -0.39 is 7.60 Å². The van der Waals surface area contributed by atoms with Crippen LogP contribution in [0.15, 0.2) is 6.33 Å². The van der Waals surface area contributed by atoms with Gasteiger partial charge in [-0.15, -0.1) is 9.35 Å². The smallest absolute Gasteiger partial charge is 0.368 e. The summed E-state index contributed by atoms with van der Waals surface area (Å²) in [5, 5.41) is 0.168. The molecule has 0 aliphatic heterocycles. The van der Waals surface area contributed by atoms with Gasteiger partial charge < -0.3 is 15.0 Å². The lowest BCUT2D eigenvalue weighted by Crippen LogP contribution is -2.10. The van der Waals surface area contributed by atoms with Gasteiger partial charge in [-0.1, -0.05) is 11.6 Å². The molecule has 2 N–H and O–H groups in total. The molecule has 0 aliphatic carbocycles. The molecule has 25 heavy (non-hydrogen) atoms. The maximum Gasteiger partial charge on any atom is 0.409 e. The summed E-state index contributed by atoms with van der Waals surface area (Å²) in [6.07, 6.45) is 1.18. The molecular weight excluding hydrogens is 377 g/mol. The molecule has 0 fully saturated rings. The van der Waals surface area contributed by atoms with Crippen molar-refractivity contribution in [1.29, 1.82) is 0 Å². The van der Waals surface area contributed by atoms with Crippen LogP contribution in [0.5, 0.6) is 0 Å². The fourth-order valence-electron chi connectivity index (χ4n) is 1.75. The number of fused-ring (bicyclic) bond motifs is 1. The summed E-state index contributed by atoms with van der Waals surface area (Å²) < 4.78 is 28.8. The Morgan fingerprint density at radius 1 is 1.24 bits per heavy atom. The number of imidazole rings is 1. The summed E-state index contributed by atoms with van der Waals surface area (Å²) in [5.41, 5.74) is 6.48. The predicted octanol–water partition coefficient (Wildman–Crippen LogP) is 2.17. The van der Waals surface area contributed by atoms with E-state index in [2.05, 4.69) is 24.7 Å². The molecule has 2 aromatic heterocycles. The third kappa shape index (κ3) is 5.58. The zero-order chi connectivity index (χ0) is 18.3. The van der Waals surface area contributed by atoms with E-state index in [1.165, 1.54) is 6.33 Å². The Bertz CT molecular complexity index is 732. The first kappa shape index (κ1) is 20.0. The first-order chi connectivity index (χ1) is 12.0. The standard InChI is InChI=1S/C12H19ClN5O6P/c1-3-21-23-25(19,24-22-4-2)8-20-6-5-18-7-15-9-10(13)16-12(14)17-11(9)18/h7H,3-6,8H2,1-2H3,(H2,14,16,17). The first-order valence-corrected chi connectivity index (χ1v) is 9.52. The molecule has 0 spiro atoms. The highest BCUT2D eigenvalue weighted by Crippen LogP contribution is 2.48. The van der Waals surface area contributed by atoms with Crippen molar-refractivity contribution in [2.24, 2.45) is 0 Å². The molecule has 13 heteroatoms. The molecular formula is C12H19ClN5O6P. The molecule has 0 radical (unpaired) electrons. The maximum atomic E-state index is 12.3. The van der Waals surface area contributed by atoms with Crippen LogP contribution in [-0.2, 0) is 35.0 Å². The van der Waals surface area contributed by atoms with E-state index >= 15 is 0 Å². The van der Waals surface area contributed by atoms with E-state index in [-0.39, 0.29) is 37.3 Å². The van der Waals surface area contributed by atoms with Crippen molar-refractivity contribution in [2.75, 3.05) is 31.9 Å². The normalized spacial score (nSPS) is 12.1. The number of ether oxygens (including phenoxy) is 1. The van der Waals surface area contributed by atoms with Crippen molar-refractivity contribution in [1.82, 2.24) is 19.5 Å². The number of nitrogens with zero attached hydrogens (tertiary/aromatic N) is 4. The molecule has 0 atom stereocenters.